The summed E-state index contributed by atoms with van der Waals surface area (Å²) in [6.45, 7) is 0. The van der Waals surface area contributed by atoms with Crippen molar-refractivity contribution in [3.05, 3.63) is 27.7 Å². The smallest absolute Gasteiger partial charge is 0.139 e. The SMILES string of the molecule is OC1CC(Oc2cc(Br)ccc2Cl)C12CCCCCC2. The van der Waals surface area contributed by atoms with Crippen LogP contribution in [0.1, 0.15) is 44.9 Å². The molecule has 1 aromatic carbocycles. The van der Waals surface area contributed by atoms with Gasteiger partial charge in [-0.15, -0.1) is 0 Å². The van der Waals surface area contributed by atoms with Crippen molar-refractivity contribution in [2.45, 2.75) is 57.2 Å². The van der Waals surface area contributed by atoms with Crippen molar-refractivity contribution in [2.24, 2.45) is 5.41 Å². The number of benzene rings is 1. The highest BCUT2D eigenvalue weighted by molar-refractivity contribution is 9.10. The van der Waals surface area contributed by atoms with E-state index < -0.39 is 0 Å². The zero-order chi connectivity index (χ0) is 14.2. The Morgan fingerprint density at radius 2 is 1.90 bits per heavy atom. The zero-order valence-electron chi connectivity index (χ0n) is 11.4. The van der Waals surface area contributed by atoms with Crippen molar-refractivity contribution in [2.75, 3.05) is 0 Å². The maximum absolute atomic E-state index is 10.3. The third kappa shape index (κ3) is 2.60. The normalized spacial score (nSPS) is 28.8. The molecule has 0 saturated heterocycles. The highest BCUT2D eigenvalue weighted by atomic mass is 79.9. The van der Waals surface area contributed by atoms with Gasteiger partial charge in [0.2, 0.25) is 0 Å². The first-order valence-electron chi connectivity index (χ1n) is 7.41. The van der Waals surface area contributed by atoms with E-state index >= 15 is 0 Å². The molecule has 20 heavy (non-hydrogen) atoms. The van der Waals surface area contributed by atoms with E-state index in [1.165, 1.54) is 25.7 Å². The van der Waals surface area contributed by atoms with Gasteiger partial charge in [-0.3, -0.25) is 0 Å². The summed E-state index contributed by atoms with van der Waals surface area (Å²) in [4.78, 5) is 0. The summed E-state index contributed by atoms with van der Waals surface area (Å²) in [5.74, 6) is 0.724. The minimum atomic E-state index is -0.212. The van der Waals surface area contributed by atoms with E-state index in [-0.39, 0.29) is 17.6 Å². The summed E-state index contributed by atoms with van der Waals surface area (Å²) < 4.78 is 7.12. The maximum Gasteiger partial charge on any atom is 0.139 e. The molecule has 2 nitrogen and oxygen atoms in total. The van der Waals surface area contributed by atoms with Crippen molar-refractivity contribution < 1.29 is 9.84 Å². The number of aliphatic hydroxyl groups is 1. The highest BCUT2D eigenvalue weighted by Gasteiger charge is 2.55. The van der Waals surface area contributed by atoms with Gasteiger partial charge in [-0.1, -0.05) is 53.2 Å². The van der Waals surface area contributed by atoms with Crippen LogP contribution in [0.5, 0.6) is 5.75 Å². The van der Waals surface area contributed by atoms with E-state index in [0.717, 1.165) is 29.5 Å². The van der Waals surface area contributed by atoms with Crippen molar-refractivity contribution >= 4 is 27.5 Å². The second-order valence-electron chi connectivity index (χ2n) is 6.08. The molecule has 0 aromatic heterocycles. The average molecular weight is 360 g/mol. The van der Waals surface area contributed by atoms with Gasteiger partial charge in [0.1, 0.15) is 11.9 Å². The topological polar surface area (TPSA) is 29.5 Å². The number of aliphatic hydroxyl groups excluding tert-OH is 1. The van der Waals surface area contributed by atoms with E-state index in [2.05, 4.69) is 15.9 Å². The molecule has 2 unspecified atom stereocenters. The number of hydrogen-bond acceptors (Lipinski definition) is 2. The molecule has 2 saturated carbocycles. The predicted octanol–water partition coefficient (Wildman–Crippen LogP) is 4.96. The molecule has 1 N–H and O–H groups in total. The summed E-state index contributed by atoms with van der Waals surface area (Å²) in [7, 11) is 0. The van der Waals surface area contributed by atoms with Gasteiger partial charge in [0.05, 0.1) is 11.1 Å². The van der Waals surface area contributed by atoms with Crippen LogP contribution in [0.3, 0.4) is 0 Å². The van der Waals surface area contributed by atoms with Crippen LogP contribution in [0.2, 0.25) is 5.02 Å². The Morgan fingerprint density at radius 3 is 2.55 bits per heavy atom. The van der Waals surface area contributed by atoms with E-state index in [1.54, 1.807) is 0 Å². The Balaban J connectivity index is 1.78. The molecule has 1 spiro atoms. The van der Waals surface area contributed by atoms with Gasteiger partial charge in [0, 0.05) is 16.3 Å². The first kappa shape index (κ1) is 14.7. The summed E-state index contributed by atoms with van der Waals surface area (Å²) >= 11 is 9.66. The van der Waals surface area contributed by atoms with Gasteiger partial charge in [-0.05, 0) is 31.0 Å². The van der Waals surface area contributed by atoms with Crippen LogP contribution in [-0.2, 0) is 0 Å². The van der Waals surface area contributed by atoms with Gasteiger partial charge in [0.15, 0.2) is 0 Å². The van der Waals surface area contributed by atoms with E-state index in [4.69, 9.17) is 16.3 Å². The Hall–Kier alpha value is -0.250. The van der Waals surface area contributed by atoms with Crippen molar-refractivity contribution in [1.82, 2.24) is 0 Å². The molecule has 3 rings (SSSR count). The molecule has 0 bridgehead atoms. The molecule has 1 aromatic rings. The fourth-order valence-electron chi connectivity index (χ4n) is 3.65. The fourth-order valence-corrected chi connectivity index (χ4v) is 4.16. The molecule has 2 fully saturated rings. The van der Waals surface area contributed by atoms with Crippen molar-refractivity contribution in [1.29, 1.82) is 0 Å². The Morgan fingerprint density at radius 1 is 1.20 bits per heavy atom. The Labute approximate surface area is 133 Å². The molecule has 110 valence electrons. The third-order valence-electron chi connectivity index (χ3n) is 4.94. The number of rotatable bonds is 2. The van der Waals surface area contributed by atoms with Crippen LogP contribution in [0.4, 0.5) is 0 Å². The quantitative estimate of drug-likeness (QED) is 0.809. The van der Waals surface area contributed by atoms with Gasteiger partial charge in [-0.2, -0.15) is 0 Å². The molecule has 0 aliphatic heterocycles. The van der Waals surface area contributed by atoms with E-state index in [1.807, 2.05) is 18.2 Å². The number of halogens is 2. The van der Waals surface area contributed by atoms with Crippen LogP contribution in [0, 0.1) is 5.41 Å². The van der Waals surface area contributed by atoms with Crippen molar-refractivity contribution in [3.8, 4) is 5.75 Å². The lowest BCUT2D eigenvalue weighted by Crippen LogP contribution is -2.59. The first-order chi connectivity index (χ1) is 9.62. The lowest BCUT2D eigenvalue weighted by Gasteiger charge is -2.53. The van der Waals surface area contributed by atoms with Crippen LogP contribution < -0.4 is 4.74 Å². The fraction of sp³-hybridized carbons (Fsp3) is 0.625. The molecule has 4 heteroatoms. The van der Waals surface area contributed by atoms with Crippen LogP contribution in [0.25, 0.3) is 0 Å². The predicted molar refractivity (Wildman–Crippen MR) is 84.3 cm³/mol. The number of hydrogen-bond donors (Lipinski definition) is 1. The lowest BCUT2D eigenvalue weighted by molar-refractivity contribution is -0.163. The summed E-state index contributed by atoms with van der Waals surface area (Å²) in [6.07, 6.45) is 7.71. The van der Waals surface area contributed by atoms with Crippen LogP contribution >= 0.6 is 27.5 Å². The summed E-state index contributed by atoms with van der Waals surface area (Å²) in [6, 6.07) is 5.67. The second kappa shape index (κ2) is 5.86. The van der Waals surface area contributed by atoms with Crippen LogP contribution in [0.15, 0.2) is 22.7 Å². The summed E-state index contributed by atoms with van der Waals surface area (Å²) in [5, 5.41) is 10.9. The minimum absolute atomic E-state index is 0.0395. The van der Waals surface area contributed by atoms with Gasteiger partial charge < -0.3 is 9.84 Å². The Kier molecular flexibility index (Phi) is 4.30. The molecular weight excluding hydrogens is 340 g/mol. The third-order valence-corrected chi connectivity index (χ3v) is 5.74. The average Bonchev–Trinajstić information content (AvgIpc) is 2.70. The number of ether oxygens (including phenoxy) is 1. The largest absolute Gasteiger partial charge is 0.488 e. The lowest BCUT2D eigenvalue weighted by atomic mass is 9.59. The maximum atomic E-state index is 10.3. The molecule has 0 amide bonds. The highest BCUT2D eigenvalue weighted by Crippen LogP contribution is 2.52. The van der Waals surface area contributed by atoms with Gasteiger partial charge in [-0.25, -0.2) is 0 Å². The second-order valence-corrected chi connectivity index (χ2v) is 7.40. The molecule has 2 aliphatic rings. The monoisotopic (exact) mass is 358 g/mol. The first-order valence-corrected chi connectivity index (χ1v) is 8.59. The molecule has 0 heterocycles. The molecule has 2 atom stereocenters. The standard InChI is InChI=1S/C16H20BrClO2/c17-11-5-6-12(18)13(9-11)20-15-10-14(19)16(15)7-3-1-2-4-8-16/h5-6,9,14-15,19H,1-4,7-8,10H2. The van der Waals surface area contributed by atoms with Gasteiger partial charge in [0.25, 0.3) is 0 Å². The van der Waals surface area contributed by atoms with Crippen molar-refractivity contribution in [3.63, 3.8) is 0 Å². The van der Waals surface area contributed by atoms with E-state index in [0.29, 0.717) is 5.02 Å². The molecule has 2 aliphatic carbocycles. The zero-order valence-corrected chi connectivity index (χ0v) is 13.8. The minimum Gasteiger partial charge on any atom is -0.488 e. The summed E-state index contributed by atoms with van der Waals surface area (Å²) in [5.41, 5.74) is -0.0395. The molecular formula is C16H20BrClO2. The van der Waals surface area contributed by atoms with Gasteiger partial charge >= 0.3 is 0 Å². The molecule has 0 radical (unpaired) electrons. The van der Waals surface area contributed by atoms with Crippen LogP contribution in [-0.4, -0.2) is 17.3 Å². The van der Waals surface area contributed by atoms with E-state index in [9.17, 15) is 5.11 Å². The Bertz CT molecular complexity index is 483.